The molecule has 1 fully saturated rings. The maximum Gasteiger partial charge on any atom is 0.277 e. The predicted octanol–water partition coefficient (Wildman–Crippen LogP) is 4.22. The fraction of sp³-hybridized carbons (Fsp3) is 0.550. The topological polar surface area (TPSA) is 71.3 Å². The Balaban J connectivity index is 1.61. The van der Waals surface area contributed by atoms with Gasteiger partial charge in [-0.3, -0.25) is 9.69 Å². The molecule has 27 heavy (non-hydrogen) atoms. The number of nitrogens with zero attached hydrogens (tertiary/aromatic N) is 3. The molecule has 1 amide bonds. The minimum atomic E-state index is -0.329. The van der Waals surface area contributed by atoms with E-state index in [1.165, 1.54) is 24.6 Å². The van der Waals surface area contributed by atoms with Crippen LogP contribution in [0.5, 0.6) is 0 Å². The third-order valence-electron chi connectivity index (χ3n) is 4.83. The van der Waals surface area contributed by atoms with Crippen LogP contribution in [0.1, 0.15) is 56.5 Å². The Kier molecular flexibility index (Phi) is 6.55. The van der Waals surface area contributed by atoms with Gasteiger partial charge in [-0.05, 0) is 56.8 Å². The lowest BCUT2D eigenvalue weighted by atomic mass is 9.98. The van der Waals surface area contributed by atoms with Gasteiger partial charge in [0.05, 0.1) is 11.8 Å². The molecule has 1 atom stereocenters. The van der Waals surface area contributed by atoms with Crippen LogP contribution in [0.3, 0.4) is 0 Å². The second-order valence-corrected chi connectivity index (χ2v) is 8.68. The molecule has 1 aromatic heterocycles. The molecule has 1 aliphatic heterocycles. The first kappa shape index (κ1) is 19.9. The number of hydrogen-bond donors (Lipinski definition) is 1. The molecule has 146 valence electrons. The summed E-state index contributed by atoms with van der Waals surface area (Å²) in [6.07, 6.45) is 2.45. The van der Waals surface area contributed by atoms with Crippen molar-refractivity contribution in [3.05, 3.63) is 35.2 Å². The number of carbonyl (C=O) groups excluding carboxylic acids is 1. The Morgan fingerprint density at radius 2 is 2.00 bits per heavy atom. The van der Waals surface area contributed by atoms with E-state index in [0.29, 0.717) is 23.6 Å². The number of aromatic nitrogens is 2. The highest BCUT2D eigenvalue weighted by Crippen LogP contribution is 2.29. The highest BCUT2D eigenvalue weighted by atomic mass is 32.2. The van der Waals surface area contributed by atoms with E-state index in [1.807, 2.05) is 26.0 Å². The van der Waals surface area contributed by atoms with Crippen LogP contribution in [0, 0.1) is 6.92 Å². The van der Waals surface area contributed by atoms with E-state index in [1.54, 1.807) is 0 Å². The van der Waals surface area contributed by atoms with Crippen LogP contribution in [0.4, 0.5) is 5.69 Å². The molecule has 0 unspecified atom stereocenters. The lowest BCUT2D eigenvalue weighted by Crippen LogP contribution is -2.23. The molecule has 2 heterocycles. The smallest absolute Gasteiger partial charge is 0.277 e. The van der Waals surface area contributed by atoms with Gasteiger partial charge in [0.15, 0.2) is 0 Å². The van der Waals surface area contributed by atoms with E-state index >= 15 is 0 Å². The summed E-state index contributed by atoms with van der Waals surface area (Å²) in [5, 5.41) is 11.4. The lowest BCUT2D eigenvalue weighted by molar-refractivity contribution is -0.115. The molecule has 0 aliphatic carbocycles. The summed E-state index contributed by atoms with van der Waals surface area (Å²) in [6.45, 7) is 11.0. The Morgan fingerprint density at radius 1 is 1.26 bits per heavy atom. The molecule has 0 bridgehead atoms. The first-order valence-electron chi connectivity index (χ1n) is 9.56. The largest absolute Gasteiger partial charge is 0.415 e. The molecule has 7 heteroatoms. The summed E-state index contributed by atoms with van der Waals surface area (Å²) in [6, 6.07) is 6.11. The van der Waals surface area contributed by atoms with Crippen molar-refractivity contribution in [2.45, 2.75) is 63.5 Å². The van der Waals surface area contributed by atoms with Gasteiger partial charge in [-0.15, -0.1) is 10.2 Å². The molecule has 0 saturated carbocycles. The number of likely N-dealkylation sites (tertiary alicyclic amines) is 1. The second-order valence-electron chi connectivity index (χ2n) is 7.39. The summed E-state index contributed by atoms with van der Waals surface area (Å²) >= 11 is 1.30. The molecule has 1 aliphatic rings. The number of hydrogen-bond acceptors (Lipinski definition) is 6. The Morgan fingerprint density at radius 3 is 2.70 bits per heavy atom. The number of carbonyl (C=O) groups is 1. The molecule has 1 N–H and O–H groups in total. The van der Waals surface area contributed by atoms with E-state index < -0.39 is 0 Å². The Hall–Kier alpha value is -1.86. The summed E-state index contributed by atoms with van der Waals surface area (Å²) in [5.41, 5.74) is 3.12. The van der Waals surface area contributed by atoms with Crippen molar-refractivity contribution in [2.75, 3.05) is 18.4 Å². The maximum absolute atomic E-state index is 12.7. The number of anilines is 1. The number of amides is 1. The number of thioether (sulfide) groups is 1. The number of benzene rings is 1. The van der Waals surface area contributed by atoms with Gasteiger partial charge in [-0.25, -0.2) is 0 Å². The van der Waals surface area contributed by atoms with Gasteiger partial charge in [-0.1, -0.05) is 43.8 Å². The summed E-state index contributed by atoms with van der Waals surface area (Å²) < 4.78 is 5.72. The van der Waals surface area contributed by atoms with Gasteiger partial charge in [0.2, 0.25) is 11.8 Å². The van der Waals surface area contributed by atoms with E-state index in [-0.39, 0.29) is 11.2 Å². The second kappa shape index (κ2) is 8.89. The van der Waals surface area contributed by atoms with Crippen molar-refractivity contribution >= 4 is 23.4 Å². The fourth-order valence-corrected chi connectivity index (χ4v) is 3.95. The first-order chi connectivity index (χ1) is 12.9. The van der Waals surface area contributed by atoms with Gasteiger partial charge in [-0.2, -0.15) is 0 Å². The molecule has 2 aromatic rings. The van der Waals surface area contributed by atoms with Crippen LogP contribution < -0.4 is 5.32 Å². The van der Waals surface area contributed by atoms with E-state index in [2.05, 4.69) is 40.3 Å². The van der Waals surface area contributed by atoms with Crippen LogP contribution in [-0.2, 0) is 11.3 Å². The van der Waals surface area contributed by atoms with Crippen molar-refractivity contribution in [2.24, 2.45) is 0 Å². The molecule has 1 saturated heterocycles. The SMILES string of the molecule is Cc1cccc(C(C)C)c1NC(=O)[C@@H](C)Sc1nnc(CN2CCCC2)o1. The molecule has 3 rings (SSSR count). The minimum absolute atomic E-state index is 0.0597. The zero-order valence-electron chi connectivity index (χ0n) is 16.5. The van der Waals surface area contributed by atoms with Crippen LogP contribution in [-0.4, -0.2) is 39.3 Å². The van der Waals surface area contributed by atoms with Crippen molar-refractivity contribution in [3.63, 3.8) is 0 Å². The Labute approximate surface area is 165 Å². The summed E-state index contributed by atoms with van der Waals surface area (Å²) in [5.74, 6) is 0.899. The van der Waals surface area contributed by atoms with E-state index in [0.717, 1.165) is 29.9 Å². The predicted molar refractivity (Wildman–Crippen MR) is 108 cm³/mol. The standard InChI is InChI=1S/C20H28N4O2S/c1-13(2)16-9-7-8-14(3)18(16)21-19(25)15(4)27-20-23-22-17(26-20)12-24-10-5-6-11-24/h7-9,13,15H,5-6,10-12H2,1-4H3,(H,21,25)/t15-/m1/s1. The molecular formula is C20H28N4O2S. The molecule has 1 aromatic carbocycles. The first-order valence-corrected chi connectivity index (χ1v) is 10.4. The highest BCUT2D eigenvalue weighted by molar-refractivity contribution is 8.00. The van der Waals surface area contributed by atoms with Crippen LogP contribution in [0.15, 0.2) is 27.8 Å². The quantitative estimate of drug-likeness (QED) is 0.716. The summed E-state index contributed by atoms with van der Waals surface area (Å²) in [4.78, 5) is 15.0. The molecule has 6 nitrogen and oxygen atoms in total. The van der Waals surface area contributed by atoms with Crippen LogP contribution in [0.2, 0.25) is 0 Å². The third-order valence-corrected chi connectivity index (χ3v) is 5.76. The van der Waals surface area contributed by atoms with Gasteiger partial charge in [0.25, 0.3) is 5.22 Å². The Bertz CT molecular complexity index is 784. The van der Waals surface area contributed by atoms with Gasteiger partial charge < -0.3 is 9.73 Å². The number of aryl methyl sites for hydroxylation is 1. The zero-order chi connectivity index (χ0) is 19.4. The summed E-state index contributed by atoms with van der Waals surface area (Å²) in [7, 11) is 0. The van der Waals surface area contributed by atoms with E-state index in [9.17, 15) is 4.79 Å². The van der Waals surface area contributed by atoms with E-state index in [4.69, 9.17) is 4.42 Å². The van der Waals surface area contributed by atoms with Gasteiger partial charge in [0, 0.05) is 5.69 Å². The average Bonchev–Trinajstić information content (AvgIpc) is 3.29. The molecule has 0 radical (unpaired) electrons. The van der Waals surface area contributed by atoms with Crippen molar-refractivity contribution < 1.29 is 9.21 Å². The fourth-order valence-electron chi connectivity index (χ4n) is 3.25. The number of nitrogens with one attached hydrogen (secondary N) is 1. The van der Waals surface area contributed by atoms with Crippen molar-refractivity contribution in [1.29, 1.82) is 0 Å². The van der Waals surface area contributed by atoms with Crippen molar-refractivity contribution in [3.8, 4) is 0 Å². The third kappa shape index (κ3) is 5.11. The zero-order valence-corrected chi connectivity index (χ0v) is 17.3. The normalized spacial score (nSPS) is 16.0. The maximum atomic E-state index is 12.7. The highest BCUT2D eigenvalue weighted by Gasteiger charge is 2.21. The van der Waals surface area contributed by atoms with Gasteiger partial charge in [0.1, 0.15) is 0 Å². The average molecular weight is 389 g/mol. The molecular weight excluding hydrogens is 360 g/mol. The van der Waals surface area contributed by atoms with Crippen LogP contribution >= 0.6 is 11.8 Å². The van der Waals surface area contributed by atoms with Gasteiger partial charge >= 0.3 is 0 Å². The van der Waals surface area contributed by atoms with Crippen LogP contribution in [0.25, 0.3) is 0 Å². The lowest BCUT2D eigenvalue weighted by Gasteiger charge is -2.18. The monoisotopic (exact) mass is 388 g/mol. The number of rotatable bonds is 7. The minimum Gasteiger partial charge on any atom is -0.415 e. The molecule has 0 spiro atoms. The van der Waals surface area contributed by atoms with Crippen molar-refractivity contribution in [1.82, 2.24) is 15.1 Å². The number of para-hydroxylation sites is 1.